The molecule has 1 saturated heterocycles. The Morgan fingerprint density at radius 2 is 2.00 bits per heavy atom. The van der Waals surface area contributed by atoms with Crippen LogP contribution in [0.2, 0.25) is 0 Å². The minimum atomic E-state index is -0.706. The lowest BCUT2D eigenvalue weighted by Gasteiger charge is -2.61. The van der Waals surface area contributed by atoms with E-state index in [1.54, 1.807) is 18.3 Å². The summed E-state index contributed by atoms with van der Waals surface area (Å²) in [5.41, 5.74) is 6.11. The third kappa shape index (κ3) is 2.48. The van der Waals surface area contributed by atoms with Crippen molar-refractivity contribution in [1.82, 2.24) is 4.98 Å². The van der Waals surface area contributed by atoms with Crippen LogP contribution in [-0.4, -0.2) is 36.4 Å². The topological polar surface area (TPSA) is 102 Å². The zero-order valence-electron chi connectivity index (χ0n) is 17.1. The van der Waals surface area contributed by atoms with E-state index in [1.807, 2.05) is 18.2 Å². The molecule has 156 valence electrons. The molecule has 3 aliphatic rings. The van der Waals surface area contributed by atoms with E-state index in [0.29, 0.717) is 30.4 Å². The van der Waals surface area contributed by atoms with Crippen LogP contribution < -0.4 is 26.1 Å². The second kappa shape index (κ2) is 6.22. The van der Waals surface area contributed by atoms with Crippen molar-refractivity contribution < 1.29 is 19.3 Å². The Morgan fingerprint density at radius 3 is 2.60 bits per heavy atom. The number of ether oxygens (including phenoxy) is 3. The van der Waals surface area contributed by atoms with Gasteiger partial charge in [-0.15, -0.1) is 5.76 Å². The molecule has 7 nitrogen and oxygen atoms in total. The van der Waals surface area contributed by atoms with Crippen molar-refractivity contribution in [3.63, 3.8) is 0 Å². The van der Waals surface area contributed by atoms with Crippen molar-refractivity contribution in [3.05, 3.63) is 58.2 Å². The lowest BCUT2D eigenvalue weighted by molar-refractivity contribution is -0.251. The van der Waals surface area contributed by atoms with Crippen LogP contribution in [0.3, 0.4) is 0 Å². The molecule has 1 aromatic carbocycles. The summed E-state index contributed by atoms with van der Waals surface area (Å²) in [4.78, 5) is 8.91. The van der Waals surface area contributed by atoms with Crippen molar-refractivity contribution in [2.24, 2.45) is 16.1 Å². The minimum absolute atomic E-state index is 0.0130. The van der Waals surface area contributed by atoms with Gasteiger partial charge in [0.25, 0.3) is 6.02 Å². The lowest BCUT2D eigenvalue weighted by Crippen LogP contribution is -2.71. The Hall–Kier alpha value is -3.06. The Bertz CT molecular complexity index is 1150. The normalized spacial score (nSPS) is 26.3. The molecule has 1 atom stereocenters. The summed E-state index contributed by atoms with van der Waals surface area (Å²) in [5, 5.41) is 14.0. The van der Waals surface area contributed by atoms with Crippen molar-refractivity contribution in [3.8, 4) is 5.75 Å². The molecule has 1 unspecified atom stereocenters. The predicted molar refractivity (Wildman–Crippen MR) is 110 cm³/mol. The SMILES string of the molecule is C=c1ccc(=C([O-])Cc2ccc3c(c2)C2(COC(N)=N2)C2(COC2)C(C)(C)O3)cn1. The van der Waals surface area contributed by atoms with Crippen LogP contribution in [-0.2, 0) is 21.4 Å². The number of rotatable bonds is 2. The first-order chi connectivity index (χ1) is 14.3. The van der Waals surface area contributed by atoms with Crippen molar-refractivity contribution >= 4 is 18.4 Å². The first kappa shape index (κ1) is 18.9. The number of aromatic nitrogens is 1. The maximum atomic E-state index is 12.8. The van der Waals surface area contributed by atoms with E-state index in [4.69, 9.17) is 24.9 Å². The molecule has 0 aliphatic carbocycles. The summed E-state index contributed by atoms with van der Waals surface area (Å²) in [6.45, 7) is 9.21. The number of benzene rings is 1. The van der Waals surface area contributed by atoms with Crippen LogP contribution in [0.1, 0.15) is 25.0 Å². The molecular weight excluding hydrogens is 382 g/mol. The standard InChI is InChI=1S/C23H25N3O4/c1-14-4-6-16(10-25-14)18(27)9-15-5-7-19-17(8-15)23(13-29-20(24)26-23)22(11-28-12-22)21(2,3)30-19/h4-8,10,27H,1,9,11-13H2,2-3H3,(H2,24,26)/p-1. The lowest BCUT2D eigenvalue weighted by atomic mass is 9.55. The van der Waals surface area contributed by atoms with Gasteiger partial charge in [0.15, 0.2) is 0 Å². The minimum Gasteiger partial charge on any atom is -0.875 e. The summed E-state index contributed by atoms with van der Waals surface area (Å²) >= 11 is 0. The van der Waals surface area contributed by atoms with Gasteiger partial charge in [0.1, 0.15) is 23.5 Å². The average molecular weight is 406 g/mol. The molecule has 0 bridgehead atoms. The van der Waals surface area contributed by atoms with Gasteiger partial charge in [0.2, 0.25) is 0 Å². The zero-order valence-corrected chi connectivity index (χ0v) is 17.1. The van der Waals surface area contributed by atoms with Crippen molar-refractivity contribution in [2.75, 3.05) is 19.8 Å². The predicted octanol–water partition coefficient (Wildman–Crippen LogP) is -0.0691. The van der Waals surface area contributed by atoms with E-state index in [0.717, 1.165) is 16.9 Å². The van der Waals surface area contributed by atoms with E-state index < -0.39 is 16.6 Å². The van der Waals surface area contributed by atoms with Gasteiger partial charge in [-0.3, -0.25) is 4.98 Å². The molecule has 0 saturated carbocycles. The van der Waals surface area contributed by atoms with Gasteiger partial charge in [-0.25, -0.2) is 4.99 Å². The monoisotopic (exact) mass is 406 g/mol. The molecule has 2 N–H and O–H groups in total. The van der Waals surface area contributed by atoms with E-state index in [-0.39, 0.29) is 18.2 Å². The molecule has 1 fully saturated rings. The van der Waals surface area contributed by atoms with Gasteiger partial charge in [0, 0.05) is 11.8 Å². The number of aliphatic imine (C=N–C) groups is 1. The number of fused-ring (bicyclic) bond motifs is 3. The van der Waals surface area contributed by atoms with E-state index >= 15 is 0 Å². The van der Waals surface area contributed by atoms with E-state index in [1.165, 1.54) is 0 Å². The maximum Gasteiger partial charge on any atom is 0.283 e. The van der Waals surface area contributed by atoms with Gasteiger partial charge in [-0.2, -0.15) is 0 Å². The maximum absolute atomic E-state index is 12.8. The number of hydrogen-bond donors (Lipinski definition) is 1. The Morgan fingerprint density at radius 1 is 1.20 bits per heavy atom. The highest BCUT2D eigenvalue weighted by Gasteiger charge is 2.71. The second-order valence-corrected chi connectivity index (χ2v) is 8.75. The Balaban J connectivity index is 1.62. The quantitative estimate of drug-likeness (QED) is 0.749. The van der Waals surface area contributed by atoms with E-state index in [2.05, 4.69) is 25.4 Å². The van der Waals surface area contributed by atoms with E-state index in [9.17, 15) is 5.11 Å². The average Bonchev–Trinajstić information content (AvgIpc) is 3.03. The molecular formula is C23H24N3O4-. The number of pyridine rings is 1. The Kier molecular flexibility index (Phi) is 3.92. The molecule has 30 heavy (non-hydrogen) atoms. The van der Waals surface area contributed by atoms with Crippen molar-refractivity contribution in [1.29, 1.82) is 0 Å². The van der Waals surface area contributed by atoms with Crippen LogP contribution in [0.15, 0.2) is 41.5 Å². The summed E-state index contributed by atoms with van der Waals surface area (Å²) < 4.78 is 17.7. The first-order valence-corrected chi connectivity index (χ1v) is 9.96. The number of hydrogen-bond acceptors (Lipinski definition) is 7. The molecule has 5 rings (SSSR count). The van der Waals surface area contributed by atoms with Gasteiger partial charge >= 0.3 is 0 Å². The first-order valence-electron chi connectivity index (χ1n) is 9.96. The van der Waals surface area contributed by atoms with Crippen LogP contribution in [0.25, 0.3) is 12.3 Å². The van der Waals surface area contributed by atoms with Crippen LogP contribution in [0.4, 0.5) is 0 Å². The molecule has 4 heterocycles. The van der Waals surface area contributed by atoms with Crippen LogP contribution in [0.5, 0.6) is 5.75 Å². The van der Waals surface area contributed by atoms with Crippen LogP contribution >= 0.6 is 0 Å². The number of nitrogens with two attached hydrogens (primary N) is 1. The summed E-state index contributed by atoms with van der Waals surface area (Å²) in [7, 11) is 0. The van der Waals surface area contributed by atoms with Gasteiger partial charge in [0.05, 0.1) is 24.0 Å². The third-order valence-corrected chi connectivity index (χ3v) is 6.74. The van der Waals surface area contributed by atoms with Gasteiger partial charge < -0.3 is 25.1 Å². The van der Waals surface area contributed by atoms with Gasteiger partial charge in [-0.1, -0.05) is 18.7 Å². The van der Waals surface area contributed by atoms with Crippen molar-refractivity contribution in [2.45, 2.75) is 31.4 Å². The highest BCUT2D eigenvalue weighted by molar-refractivity contribution is 5.75. The fraction of sp³-hybridized carbons (Fsp3) is 0.391. The largest absolute Gasteiger partial charge is 0.875 e. The number of amidine groups is 1. The van der Waals surface area contributed by atoms with Crippen LogP contribution in [0, 0.1) is 5.41 Å². The Labute approximate surface area is 174 Å². The molecule has 1 aromatic heterocycles. The third-order valence-electron chi connectivity index (χ3n) is 6.74. The van der Waals surface area contributed by atoms with Gasteiger partial charge in [-0.05, 0) is 49.2 Å². The summed E-state index contributed by atoms with van der Waals surface area (Å²) in [6, 6.07) is 9.48. The highest BCUT2D eigenvalue weighted by atomic mass is 16.5. The molecule has 2 aromatic rings. The zero-order chi connectivity index (χ0) is 21.1. The summed E-state index contributed by atoms with van der Waals surface area (Å²) in [5.74, 6) is 0.722. The molecule has 0 amide bonds. The number of nitrogens with zero attached hydrogens (tertiary/aromatic N) is 2. The fourth-order valence-electron chi connectivity index (χ4n) is 4.81. The fourth-order valence-corrected chi connectivity index (χ4v) is 4.81. The highest BCUT2D eigenvalue weighted by Crippen LogP contribution is 2.62. The molecule has 7 heteroatoms. The second-order valence-electron chi connectivity index (χ2n) is 8.75. The molecule has 2 spiro atoms. The molecule has 0 radical (unpaired) electrons. The summed E-state index contributed by atoms with van der Waals surface area (Å²) in [6.07, 6.45) is 1.81. The smallest absolute Gasteiger partial charge is 0.283 e. The molecule has 3 aliphatic heterocycles.